The maximum absolute atomic E-state index is 11.0. The summed E-state index contributed by atoms with van der Waals surface area (Å²) in [6.45, 7) is 5.05. The van der Waals surface area contributed by atoms with Crippen molar-refractivity contribution >= 4 is 5.97 Å². The molecule has 4 heteroatoms. The Labute approximate surface area is 97.4 Å². The Morgan fingerprint density at radius 2 is 2.19 bits per heavy atom. The van der Waals surface area contributed by atoms with Gasteiger partial charge in [0.15, 0.2) is 0 Å². The van der Waals surface area contributed by atoms with E-state index in [0.717, 1.165) is 39.0 Å². The Kier molecular flexibility index (Phi) is 6.42. The van der Waals surface area contributed by atoms with Gasteiger partial charge < -0.3 is 15.2 Å². The number of rotatable bonds is 7. The molecule has 1 fully saturated rings. The summed E-state index contributed by atoms with van der Waals surface area (Å²) in [5, 5.41) is 12.4. The second-order valence-corrected chi connectivity index (χ2v) is 4.39. The molecule has 0 amide bonds. The van der Waals surface area contributed by atoms with E-state index >= 15 is 0 Å². The zero-order chi connectivity index (χ0) is 11.8. The van der Waals surface area contributed by atoms with Crippen LogP contribution in [0, 0.1) is 11.8 Å². The van der Waals surface area contributed by atoms with Gasteiger partial charge in [-0.1, -0.05) is 12.8 Å². The van der Waals surface area contributed by atoms with Crippen molar-refractivity contribution in [1.29, 1.82) is 0 Å². The van der Waals surface area contributed by atoms with Gasteiger partial charge in [0.25, 0.3) is 0 Å². The number of hydrogen-bond acceptors (Lipinski definition) is 3. The van der Waals surface area contributed by atoms with Crippen molar-refractivity contribution in [3.8, 4) is 0 Å². The SMILES string of the molecule is CCOCCNCC1CCCCC1C(=O)O. The second-order valence-electron chi connectivity index (χ2n) is 4.39. The van der Waals surface area contributed by atoms with Crippen molar-refractivity contribution in [1.82, 2.24) is 5.32 Å². The number of aliphatic carboxylic acids is 1. The fourth-order valence-electron chi connectivity index (χ4n) is 2.35. The Hall–Kier alpha value is -0.610. The molecule has 1 rings (SSSR count). The molecule has 1 aliphatic carbocycles. The lowest BCUT2D eigenvalue weighted by atomic mass is 9.79. The highest BCUT2D eigenvalue weighted by molar-refractivity contribution is 5.70. The van der Waals surface area contributed by atoms with Gasteiger partial charge in [-0.3, -0.25) is 4.79 Å². The molecule has 0 bridgehead atoms. The van der Waals surface area contributed by atoms with Crippen molar-refractivity contribution in [3.63, 3.8) is 0 Å². The average Bonchev–Trinajstić information content (AvgIpc) is 2.29. The zero-order valence-corrected chi connectivity index (χ0v) is 10.1. The van der Waals surface area contributed by atoms with Crippen LogP contribution in [0.2, 0.25) is 0 Å². The van der Waals surface area contributed by atoms with Crippen LogP contribution in [0.1, 0.15) is 32.6 Å². The number of carbonyl (C=O) groups is 1. The molecular formula is C12H23NO3. The predicted octanol–water partition coefficient (Wildman–Crippen LogP) is 1.50. The van der Waals surface area contributed by atoms with Crippen LogP contribution in [0.3, 0.4) is 0 Å². The van der Waals surface area contributed by atoms with Crippen molar-refractivity contribution < 1.29 is 14.6 Å². The molecule has 94 valence electrons. The van der Waals surface area contributed by atoms with Crippen molar-refractivity contribution in [2.24, 2.45) is 11.8 Å². The van der Waals surface area contributed by atoms with Gasteiger partial charge in [0.05, 0.1) is 12.5 Å². The standard InChI is InChI=1S/C12H23NO3/c1-2-16-8-7-13-9-10-5-3-4-6-11(10)12(14)15/h10-11,13H,2-9H2,1H3,(H,14,15). The average molecular weight is 229 g/mol. The van der Waals surface area contributed by atoms with Crippen LogP contribution < -0.4 is 5.32 Å². The third-order valence-corrected chi connectivity index (χ3v) is 3.26. The van der Waals surface area contributed by atoms with E-state index in [2.05, 4.69) is 5.32 Å². The molecule has 0 saturated heterocycles. The first kappa shape index (κ1) is 13.5. The molecule has 16 heavy (non-hydrogen) atoms. The molecule has 0 heterocycles. The summed E-state index contributed by atoms with van der Waals surface area (Å²) in [6.07, 6.45) is 4.11. The van der Waals surface area contributed by atoms with Crippen molar-refractivity contribution in [3.05, 3.63) is 0 Å². The molecule has 0 aromatic heterocycles. The number of carboxylic acids is 1. The predicted molar refractivity (Wildman–Crippen MR) is 62.4 cm³/mol. The number of nitrogens with one attached hydrogen (secondary N) is 1. The van der Waals surface area contributed by atoms with Gasteiger partial charge in [0.1, 0.15) is 0 Å². The zero-order valence-electron chi connectivity index (χ0n) is 10.1. The van der Waals surface area contributed by atoms with Gasteiger partial charge in [0.2, 0.25) is 0 Å². The van der Waals surface area contributed by atoms with E-state index < -0.39 is 5.97 Å². The maximum Gasteiger partial charge on any atom is 0.306 e. The highest BCUT2D eigenvalue weighted by Crippen LogP contribution is 2.29. The van der Waals surface area contributed by atoms with E-state index in [1.165, 1.54) is 6.42 Å². The first-order chi connectivity index (χ1) is 7.75. The van der Waals surface area contributed by atoms with Crippen molar-refractivity contribution in [2.45, 2.75) is 32.6 Å². The Morgan fingerprint density at radius 3 is 2.88 bits per heavy atom. The van der Waals surface area contributed by atoms with E-state index in [1.54, 1.807) is 0 Å². The summed E-state index contributed by atoms with van der Waals surface area (Å²) in [7, 11) is 0. The summed E-state index contributed by atoms with van der Waals surface area (Å²) in [5.41, 5.74) is 0. The number of ether oxygens (including phenoxy) is 1. The maximum atomic E-state index is 11.0. The minimum Gasteiger partial charge on any atom is -0.481 e. The number of carboxylic acid groups (broad SMARTS) is 1. The third-order valence-electron chi connectivity index (χ3n) is 3.26. The lowest BCUT2D eigenvalue weighted by molar-refractivity contribution is -0.144. The fourth-order valence-corrected chi connectivity index (χ4v) is 2.35. The molecule has 0 spiro atoms. The van der Waals surface area contributed by atoms with Crippen LogP contribution in [-0.4, -0.2) is 37.4 Å². The van der Waals surface area contributed by atoms with Gasteiger partial charge in [-0.15, -0.1) is 0 Å². The lowest BCUT2D eigenvalue weighted by Gasteiger charge is -2.28. The van der Waals surface area contributed by atoms with E-state index in [4.69, 9.17) is 9.84 Å². The molecule has 1 saturated carbocycles. The molecule has 0 aliphatic heterocycles. The van der Waals surface area contributed by atoms with E-state index in [9.17, 15) is 4.79 Å². The molecule has 2 N–H and O–H groups in total. The Bertz CT molecular complexity index is 208. The minimum absolute atomic E-state index is 0.145. The summed E-state index contributed by atoms with van der Waals surface area (Å²) in [4.78, 5) is 11.0. The van der Waals surface area contributed by atoms with Crippen LogP contribution >= 0.6 is 0 Å². The highest BCUT2D eigenvalue weighted by atomic mass is 16.5. The van der Waals surface area contributed by atoms with Gasteiger partial charge in [-0.2, -0.15) is 0 Å². The normalized spacial score (nSPS) is 25.6. The molecule has 0 aromatic rings. The fraction of sp³-hybridized carbons (Fsp3) is 0.917. The Balaban J connectivity index is 2.19. The summed E-state index contributed by atoms with van der Waals surface area (Å²) in [6, 6.07) is 0. The van der Waals surface area contributed by atoms with Crippen LogP contribution in [-0.2, 0) is 9.53 Å². The molecule has 0 aromatic carbocycles. The molecule has 2 unspecified atom stereocenters. The molecular weight excluding hydrogens is 206 g/mol. The van der Waals surface area contributed by atoms with Crippen LogP contribution in [0.25, 0.3) is 0 Å². The van der Waals surface area contributed by atoms with Crippen LogP contribution in [0.5, 0.6) is 0 Å². The minimum atomic E-state index is -0.628. The number of hydrogen-bond donors (Lipinski definition) is 2. The molecule has 0 radical (unpaired) electrons. The van der Waals surface area contributed by atoms with E-state index in [0.29, 0.717) is 12.5 Å². The summed E-state index contributed by atoms with van der Waals surface area (Å²) in [5.74, 6) is -0.475. The van der Waals surface area contributed by atoms with Crippen LogP contribution in [0.15, 0.2) is 0 Å². The Morgan fingerprint density at radius 1 is 1.44 bits per heavy atom. The van der Waals surface area contributed by atoms with Crippen LogP contribution in [0.4, 0.5) is 0 Å². The summed E-state index contributed by atoms with van der Waals surface area (Å²) < 4.78 is 5.22. The van der Waals surface area contributed by atoms with E-state index in [-0.39, 0.29) is 5.92 Å². The van der Waals surface area contributed by atoms with Gasteiger partial charge in [0, 0.05) is 13.2 Å². The third kappa shape index (κ3) is 4.49. The largest absolute Gasteiger partial charge is 0.481 e. The quantitative estimate of drug-likeness (QED) is 0.650. The molecule has 4 nitrogen and oxygen atoms in total. The van der Waals surface area contributed by atoms with E-state index in [1.807, 2.05) is 6.92 Å². The molecule has 2 atom stereocenters. The highest BCUT2D eigenvalue weighted by Gasteiger charge is 2.30. The van der Waals surface area contributed by atoms with Gasteiger partial charge in [-0.05, 0) is 32.2 Å². The monoisotopic (exact) mass is 229 g/mol. The summed E-state index contributed by atoms with van der Waals surface area (Å²) >= 11 is 0. The smallest absolute Gasteiger partial charge is 0.306 e. The topological polar surface area (TPSA) is 58.6 Å². The van der Waals surface area contributed by atoms with Gasteiger partial charge >= 0.3 is 5.97 Å². The van der Waals surface area contributed by atoms with Crippen molar-refractivity contribution in [2.75, 3.05) is 26.3 Å². The first-order valence-electron chi connectivity index (χ1n) is 6.27. The first-order valence-corrected chi connectivity index (χ1v) is 6.27. The van der Waals surface area contributed by atoms with Gasteiger partial charge in [-0.25, -0.2) is 0 Å². The second kappa shape index (κ2) is 7.63. The molecule has 1 aliphatic rings. The lowest BCUT2D eigenvalue weighted by Crippen LogP contribution is -2.35.